The maximum atomic E-state index is 4.06. The zero-order chi connectivity index (χ0) is 9.26. The second-order valence-electron chi connectivity index (χ2n) is 3.88. The fraction of sp³-hybridized carbons (Fsp3) is 0.417. The zero-order valence-corrected chi connectivity index (χ0v) is 8.16. The summed E-state index contributed by atoms with van der Waals surface area (Å²) in [6.07, 6.45) is 2.54. The third-order valence-corrected chi connectivity index (χ3v) is 2.79. The highest BCUT2D eigenvalue weighted by Gasteiger charge is 2.17. The Morgan fingerprint density at radius 1 is 1.46 bits per heavy atom. The van der Waals surface area contributed by atoms with Crippen LogP contribution in [0.2, 0.25) is 0 Å². The van der Waals surface area contributed by atoms with Gasteiger partial charge in [0.25, 0.3) is 0 Å². The predicted molar refractivity (Wildman–Crippen MR) is 55.2 cm³/mol. The van der Waals surface area contributed by atoms with Crippen molar-refractivity contribution >= 4 is 0 Å². The van der Waals surface area contributed by atoms with Crippen LogP contribution in [-0.2, 0) is 0 Å². The first-order chi connectivity index (χ1) is 6.27. The summed E-state index contributed by atoms with van der Waals surface area (Å²) in [6, 6.07) is 9.32. The first-order valence-corrected chi connectivity index (χ1v) is 4.91. The van der Waals surface area contributed by atoms with Crippen molar-refractivity contribution in [2.45, 2.75) is 25.8 Å². The molecular formula is C12H16N-. The minimum absolute atomic E-state index is 0.555. The molecule has 0 aromatic heterocycles. The minimum atomic E-state index is 0.555. The standard InChI is InChI=1S/C12H16N/c1-10-5-3-6-11(9-10)12-7-4-8-13(12)2/h3,5-6,9,12H,2,4,7-8H2,1H3/q-1. The molecule has 1 aliphatic rings. The number of benzene rings is 1. The Hall–Kier alpha value is -0.820. The SMILES string of the molecule is [CH2-]N1CCCC1c1cccc(C)c1. The average Bonchev–Trinajstić information content (AvgIpc) is 2.51. The molecule has 0 amide bonds. The van der Waals surface area contributed by atoms with Crippen LogP contribution in [0.4, 0.5) is 0 Å². The summed E-state index contributed by atoms with van der Waals surface area (Å²) in [5, 5.41) is 0. The Bertz CT molecular complexity index is 293. The van der Waals surface area contributed by atoms with Gasteiger partial charge in [0.05, 0.1) is 0 Å². The summed E-state index contributed by atoms with van der Waals surface area (Å²) in [4.78, 5) is 2.20. The van der Waals surface area contributed by atoms with Gasteiger partial charge in [-0.05, 0) is 31.9 Å². The molecule has 1 saturated heterocycles. The van der Waals surface area contributed by atoms with Gasteiger partial charge in [0.15, 0.2) is 0 Å². The first-order valence-electron chi connectivity index (χ1n) is 4.91. The van der Waals surface area contributed by atoms with E-state index in [1.165, 1.54) is 24.0 Å². The quantitative estimate of drug-likeness (QED) is 0.592. The van der Waals surface area contributed by atoms with Crippen LogP contribution >= 0.6 is 0 Å². The van der Waals surface area contributed by atoms with Crippen molar-refractivity contribution in [2.75, 3.05) is 6.54 Å². The molecule has 0 N–H and O–H groups in total. The van der Waals surface area contributed by atoms with Crippen molar-refractivity contribution in [2.24, 2.45) is 0 Å². The van der Waals surface area contributed by atoms with E-state index in [1.807, 2.05) is 0 Å². The molecule has 70 valence electrons. The van der Waals surface area contributed by atoms with Crippen LogP contribution in [0.25, 0.3) is 0 Å². The van der Waals surface area contributed by atoms with Gasteiger partial charge in [-0.25, -0.2) is 0 Å². The van der Waals surface area contributed by atoms with Gasteiger partial charge in [-0.1, -0.05) is 29.8 Å². The maximum absolute atomic E-state index is 4.06. The summed E-state index contributed by atoms with van der Waals surface area (Å²) in [5.41, 5.74) is 2.77. The molecule has 2 rings (SSSR count). The average molecular weight is 174 g/mol. The lowest BCUT2D eigenvalue weighted by molar-refractivity contribution is 0.353. The molecule has 0 spiro atoms. The molecule has 1 aromatic rings. The predicted octanol–water partition coefficient (Wildman–Crippen LogP) is 2.92. The molecule has 1 nitrogen and oxygen atoms in total. The molecule has 1 aliphatic heterocycles. The maximum Gasteiger partial charge on any atom is 0.00733 e. The summed E-state index contributed by atoms with van der Waals surface area (Å²) in [6.45, 7) is 3.28. The van der Waals surface area contributed by atoms with Crippen LogP contribution in [0.15, 0.2) is 24.3 Å². The molecule has 1 unspecified atom stereocenters. The van der Waals surface area contributed by atoms with Gasteiger partial charge in [0, 0.05) is 6.04 Å². The van der Waals surface area contributed by atoms with E-state index >= 15 is 0 Å². The van der Waals surface area contributed by atoms with Crippen LogP contribution in [0.1, 0.15) is 30.0 Å². The smallest absolute Gasteiger partial charge is 0.00733 e. The second-order valence-corrected chi connectivity index (χ2v) is 3.88. The molecule has 1 heteroatoms. The molecule has 0 bridgehead atoms. The van der Waals surface area contributed by atoms with E-state index in [9.17, 15) is 0 Å². The van der Waals surface area contributed by atoms with Gasteiger partial charge in [-0.15, -0.1) is 0 Å². The highest BCUT2D eigenvalue weighted by molar-refractivity contribution is 5.25. The normalized spacial score (nSPS) is 23.7. The van der Waals surface area contributed by atoms with E-state index in [-0.39, 0.29) is 0 Å². The largest absolute Gasteiger partial charge is 0.453 e. The van der Waals surface area contributed by atoms with Gasteiger partial charge >= 0.3 is 0 Å². The van der Waals surface area contributed by atoms with E-state index in [1.54, 1.807) is 0 Å². The van der Waals surface area contributed by atoms with Crippen molar-refractivity contribution in [1.29, 1.82) is 0 Å². The molecular weight excluding hydrogens is 158 g/mol. The summed E-state index contributed by atoms with van der Waals surface area (Å²) >= 11 is 0. The second kappa shape index (κ2) is 3.51. The van der Waals surface area contributed by atoms with E-state index in [0.29, 0.717) is 6.04 Å². The summed E-state index contributed by atoms with van der Waals surface area (Å²) in [7, 11) is 4.06. The number of likely N-dealkylation sites (tertiary alicyclic amines) is 1. The lowest BCUT2D eigenvalue weighted by Gasteiger charge is -2.27. The third-order valence-electron chi connectivity index (χ3n) is 2.79. The number of aryl methyl sites for hydroxylation is 1. The van der Waals surface area contributed by atoms with Gasteiger partial charge in [-0.2, -0.15) is 0 Å². The molecule has 1 fully saturated rings. The Morgan fingerprint density at radius 2 is 2.31 bits per heavy atom. The fourth-order valence-corrected chi connectivity index (χ4v) is 2.08. The van der Waals surface area contributed by atoms with Crippen molar-refractivity contribution in [3.05, 3.63) is 42.4 Å². The number of rotatable bonds is 1. The molecule has 0 radical (unpaired) electrons. The Labute approximate surface area is 80.4 Å². The minimum Gasteiger partial charge on any atom is -0.453 e. The van der Waals surface area contributed by atoms with Gasteiger partial charge in [-0.3, -0.25) is 7.05 Å². The molecule has 0 saturated carbocycles. The van der Waals surface area contributed by atoms with Crippen LogP contribution < -0.4 is 0 Å². The van der Waals surface area contributed by atoms with Crippen molar-refractivity contribution < 1.29 is 0 Å². The lowest BCUT2D eigenvalue weighted by Crippen LogP contribution is -2.14. The number of hydrogen-bond acceptors (Lipinski definition) is 1. The van der Waals surface area contributed by atoms with Crippen LogP contribution in [0.5, 0.6) is 0 Å². The third kappa shape index (κ3) is 1.75. The molecule has 13 heavy (non-hydrogen) atoms. The van der Waals surface area contributed by atoms with Crippen molar-refractivity contribution in [3.8, 4) is 0 Å². The van der Waals surface area contributed by atoms with Gasteiger partial charge in [0.2, 0.25) is 0 Å². The van der Waals surface area contributed by atoms with Crippen molar-refractivity contribution in [1.82, 2.24) is 4.90 Å². The van der Waals surface area contributed by atoms with E-state index in [4.69, 9.17) is 0 Å². The van der Waals surface area contributed by atoms with E-state index in [0.717, 1.165) is 6.54 Å². The Kier molecular flexibility index (Phi) is 2.36. The molecule has 1 aromatic carbocycles. The van der Waals surface area contributed by atoms with Gasteiger partial charge in [0.1, 0.15) is 0 Å². The summed E-state index contributed by atoms with van der Waals surface area (Å²) < 4.78 is 0. The highest BCUT2D eigenvalue weighted by atomic mass is 15.1. The molecule has 1 heterocycles. The zero-order valence-electron chi connectivity index (χ0n) is 8.16. The number of nitrogens with zero attached hydrogens (tertiary/aromatic N) is 1. The van der Waals surface area contributed by atoms with Gasteiger partial charge < -0.3 is 4.90 Å². The van der Waals surface area contributed by atoms with Crippen LogP contribution in [-0.4, -0.2) is 11.4 Å². The molecule has 1 atom stereocenters. The van der Waals surface area contributed by atoms with E-state index in [2.05, 4.69) is 43.1 Å². The van der Waals surface area contributed by atoms with E-state index < -0.39 is 0 Å². The topological polar surface area (TPSA) is 3.24 Å². The lowest BCUT2D eigenvalue weighted by atomic mass is 10.0. The Balaban J connectivity index is 2.24. The van der Waals surface area contributed by atoms with Crippen molar-refractivity contribution in [3.63, 3.8) is 0 Å². The Morgan fingerprint density at radius 3 is 2.92 bits per heavy atom. The van der Waals surface area contributed by atoms with Crippen LogP contribution in [0, 0.1) is 14.0 Å². The first kappa shape index (κ1) is 8.76. The highest BCUT2D eigenvalue weighted by Crippen LogP contribution is 2.30. The number of hydrogen-bond donors (Lipinski definition) is 0. The van der Waals surface area contributed by atoms with Crippen LogP contribution in [0.3, 0.4) is 0 Å². The fourth-order valence-electron chi connectivity index (χ4n) is 2.08. The monoisotopic (exact) mass is 174 g/mol. The summed E-state index contributed by atoms with van der Waals surface area (Å²) in [5.74, 6) is 0. The molecule has 0 aliphatic carbocycles.